The van der Waals surface area contributed by atoms with Gasteiger partial charge in [-0.25, -0.2) is 4.79 Å². The first-order chi connectivity index (χ1) is 7.59. The number of ether oxygens (including phenoxy) is 2. The van der Waals surface area contributed by atoms with Gasteiger partial charge in [0.05, 0.1) is 0 Å². The van der Waals surface area contributed by atoms with E-state index in [4.69, 9.17) is 21.1 Å². The number of para-hydroxylation sites is 1. The van der Waals surface area contributed by atoms with E-state index in [0.29, 0.717) is 11.3 Å². The highest BCUT2D eigenvalue weighted by Crippen LogP contribution is 2.11. The fraction of sp³-hybridized carbons (Fsp3) is 0.250. The number of carbonyl (C=O) groups is 1. The topological polar surface area (TPSA) is 35.5 Å². The van der Waals surface area contributed by atoms with Crippen LogP contribution < -0.4 is 4.74 Å². The molecular formula is C12H13ClO3. The van der Waals surface area contributed by atoms with Crippen molar-refractivity contribution < 1.29 is 14.3 Å². The summed E-state index contributed by atoms with van der Waals surface area (Å²) in [5, 5.41) is 0. The quantitative estimate of drug-likeness (QED) is 0.451. The van der Waals surface area contributed by atoms with Crippen LogP contribution in [0.15, 0.2) is 42.5 Å². The van der Waals surface area contributed by atoms with Crippen LogP contribution in [0.1, 0.15) is 6.92 Å². The Bertz CT molecular complexity index is 362. The number of carbonyl (C=O) groups excluding carboxylic acids is 1. The molecule has 0 saturated heterocycles. The lowest BCUT2D eigenvalue weighted by Gasteiger charge is -2.12. The van der Waals surface area contributed by atoms with Crippen molar-refractivity contribution in [3.8, 4) is 5.75 Å². The molecule has 0 fully saturated rings. The first-order valence-corrected chi connectivity index (χ1v) is 5.21. The summed E-state index contributed by atoms with van der Waals surface area (Å²) >= 11 is 5.76. The lowest BCUT2D eigenvalue weighted by molar-refractivity contribution is -0.141. The zero-order chi connectivity index (χ0) is 12.0. The van der Waals surface area contributed by atoms with E-state index in [2.05, 4.69) is 6.58 Å². The SMILES string of the molecule is C=C(C)C(=O)OC(Cl)COc1ccccc1. The number of benzene rings is 1. The normalized spacial score (nSPS) is 11.6. The highest BCUT2D eigenvalue weighted by atomic mass is 35.5. The van der Waals surface area contributed by atoms with Crippen molar-refractivity contribution >= 4 is 17.6 Å². The van der Waals surface area contributed by atoms with E-state index in [1.54, 1.807) is 19.1 Å². The minimum absolute atomic E-state index is 0.102. The third-order valence-electron chi connectivity index (χ3n) is 1.71. The summed E-state index contributed by atoms with van der Waals surface area (Å²) in [6.07, 6.45) is 0. The Balaban J connectivity index is 2.33. The Morgan fingerprint density at radius 1 is 1.44 bits per heavy atom. The van der Waals surface area contributed by atoms with Crippen molar-refractivity contribution in [3.05, 3.63) is 42.5 Å². The van der Waals surface area contributed by atoms with Gasteiger partial charge in [-0.3, -0.25) is 0 Å². The van der Waals surface area contributed by atoms with Gasteiger partial charge in [-0.2, -0.15) is 0 Å². The average Bonchev–Trinajstić information content (AvgIpc) is 2.27. The van der Waals surface area contributed by atoms with Crippen molar-refractivity contribution in [2.45, 2.75) is 12.5 Å². The molecule has 0 bridgehead atoms. The molecule has 0 radical (unpaired) electrons. The molecule has 86 valence electrons. The molecule has 0 spiro atoms. The highest BCUT2D eigenvalue weighted by molar-refractivity contribution is 6.20. The van der Waals surface area contributed by atoms with Crippen molar-refractivity contribution in [1.29, 1.82) is 0 Å². The van der Waals surface area contributed by atoms with Gasteiger partial charge in [0.1, 0.15) is 12.4 Å². The van der Waals surface area contributed by atoms with Gasteiger partial charge < -0.3 is 9.47 Å². The van der Waals surface area contributed by atoms with Crippen LogP contribution in [0.5, 0.6) is 5.75 Å². The van der Waals surface area contributed by atoms with E-state index < -0.39 is 11.5 Å². The van der Waals surface area contributed by atoms with Crippen LogP contribution in [-0.4, -0.2) is 18.1 Å². The van der Waals surface area contributed by atoms with Crippen LogP contribution in [0.25, 0.3) is 0 Å². The standard InChI is InChI=1S/C12H13ClO3/c1-9(2)12(14)16-11(13)8-15-10-6-4-3-5-7-10/h3-7,11H,1,8H2,2H3. The summed E-state index contributed by atoms with van der Waals surface area (Å²) in [5.74, 6) is 0.163. The molecule has 1 aromatic rings. The Kier molecular flexibility index (Phi) is 4.86. The number of hydrogen-bond acceptors (Lipinski definition) is 3. The molecule has 16 heavy (non-hydrogen) atoms. The predicted octanol–water partition coefficient (Wildman–Crippen LogP) is 2.75. The first kappa shape index (κ1) is 12.6. The van der Waals surface area contributed by atoms with Gasteiger partial charge in [-0.15, -0.1) is 0 Å². The molecule has 0 aliphatic heterocycles. The van der Waals surface area contributed by atoms with Gasteiger partial charge in [0, 0.05) is 5.57 Å². The van der Waals surface area contributed by atoms with Crippen molar-refractivity contribution in [2.24, 2.45) is 0 Å². The summed E-state index contributed by atoms with van der Waals surface area (Å²) in [6.45, 7) is 5.11. The van der Waals surface area contributed by atoms with E-state index >= 15 is 0 Å². The third kappa shape index (κ3) is 4.36. The second kappa shape index (κ2) is 6.18. The molecule has 1 atom stereocenters. The number of rotatable bonds is 5. The van der Waals surface area contributed by atoms with Crippen molar-refractivity contribution in [1.82, 2.24) is 0 Å². The fourth-order valence-electron chi connectivity index (χ4n) is 0.929. The molecule has 3 nitrogen and oxygen atoms in total. The van der Waals surface area contributed by atoms with E-state index in [1.165, 1.54) is 0 Å². The molecule has 0 amide bonds. The maximum absolute atomic E-state index is 11.1. The lowest BCUT2D eigenvalue weighted by Crippen LogP contribution is -2.20. The van der Waals surface area contributed by atoms with Gasteiger partial charge in [-0.1, -0.05) is 36.4 Å². The number of hydrogen-bond donors (Lipinski definition) is 0. The van der Waals surface area contributed by atoms with E-state index in [0.717, 1.165) is 0 Å². The smallest absolute Gasteiger partial charge is 0.334 e. The fourth-order valence-corrected chi connectivity index (χ4v) is 1.07. The number of esters is 1. The molecule has 4 heteroatoms. The van der Waals surface area contributed by atoms with E-state index in [1.807, 2.05) is 18.2 Å². The molecule has 0 N–H and O–H groups in total. The van der Waals surface area contributed by atoms with Gasteiger partial charge in [0.15, 0.2) is 0 Å². The zero-order valence-electron chi connectivity index (χ0n) is 8.98. The molecule has 1 aromatic carbocycles. The minimum Gasteiger partial charge on any atom is -0.488 e. The molecule has 1 unspecified atom stereocenters. The molecular weight excluding hydrogens is 228 g/mol. The molecule has 0 aromatic heterocycles. The lowest BCUT2D eigenvalue weighted by atomic mass is 10.3. The van der Waals surface area contributed by atoms with Crippen LogP contribution in [0.4, 0.5) is 0 Å². The molecule has 0 aliphatic carbocycles. The van der Waals surface area contributed by atoms with Gasteiger partial charge >= 0.3 is 5.97 Å². The molecule has 1 rings (SSSR count). The van der Waals surface area contributed by atoms with E-state index in [-0.39, 0.29) is 6.61 Å². The van der Waals surface area contributed by atoms with E-state index in [9.17, 15) is 4.79 Å². The van der Waals surface area contributed by atoms with Crippen molar-refractivity contribution in [2.75, 3.05) is 6.61 Å². The Hall–Kier alpha value is -1.48. The summed E-state index contributed by atoms with van der Waals surface area (Å²) in [4.78, 5) is 11.1. The Morgan fingerprint density at radius 3 is 2.62 bits per heavy atom. The van der Waals surface area contributed by atoms with Crippen LogP contribution in [0.3, 0.4) is 0 Å². The summed E-state index contributed by atoms with van der Waals surface area (Å²) < 4.78 is 10.1. The summed E-state index contributed by atoms with van der Waals surface area (Å²) in [7, 11) is 0. The zero-order valence-corrected chi connectivity index (χ0v) is 9.74. The Morgan fingerprint density at radius 2 is 2.06 bits per heavy atom. The number of alkyl halides is 1. The van der Waals surface area contributed by atoms with Crippen LogP contribution in [-0.2, 0) is 9.53 Å². The van der Waals surface area contributed by atoms with Crippen molar-refractivity contribution in [3.63, 3.8) is 0 Å². The molecule has 0 aliphatic rings. The second-order valence-corrected chi connectivity index (χ2v) is 3.71. The van der Waals surface area contributed by atoms with Crippen LogP contribution in [0, 0.1) is 0 Å². The van der Waals surface area contributed by atoms with Gasteiger partial charge in [0.25, 0.3) is 0 Å². The van der Waals surface area contributed by atoms with Crippen LogP contribution in [0.2, 0.25) is 0 Å². The average molecular weight is 241 g/mol. The maximum Gasteiger partial charge on any atom is 0.334 e. The highest BCUT2D eigenvalue weighted by Gasteiger charge is 2.12. The maximum atomic E-state index is 11.1. The second-order valence-electron chi connectivity index (χ2n) is 3.22. The summed E-state index contributed by atoms with van der Waals surface area (Å²) in [6, 6.07) is 9.16. The Labute approximate surface area is 99.6 Å². The number of halogens is 1. The van der Waals surface area contributed by atoms with Crippen LogP contribution >= 0.6 is 11.6 Å². The molecule has 0 heterocycles. The first-order valence-electron chi connectivity index (χ1n) is 4.78. The predicted molar refractivity (Wildman–Crippen MR) is 62.5 cm³/mol. The van der Waals surface area contributed by atoms with Gasteiger partial charge in [-0.05, 0) is 19.1 Å². The monoisotopic (exact) mass is 240 g/mol. The van der Waals surface area contributed by atoms with Gasteiger partial charge in [0.2, 0.25) is 5.56 Å². The summed E-state index contributed by atoms with van der Waals surface area (Å²) in [5.41, 5.74) is -0.505. The molecule has 0 saturated carbocycles. The largest absolute Gasteiger partial charge is 0.488 e. The minimum atomic E-state index is -0.815. The third-order valence-corrected chi connectivity index (χ3v) is 1.92.